The predicted octanol–water partition coefficient (Wildman–Crippen LogP) is 4.96. The van der Waals surface area contributed by atoms with Crippen molar-refractivity contribution >= 4 is 33.5 Å². The third kappa shape index (κ3) is 2.96. The Morgan fingerprint density at radius 3 is 2.95 bits per heavy atom. The Labute approximate surface area is 123 Å². The molecule has 0 bridgehead atoms. The molecule has 19 heavy (non-hydrogen) atoms. The number of rotatable bonds is 4. The van der Waals surface area contributed by atoms with Gasteiger partial charge in [0.25, 0.3) is 0 Å². The van der Waals surface area contributed by atoms with Crippen LogP contribution in [0, 0.1) is 0 Å². The van der Waals surface area contributed by atoms with E-state index < -0.39 is 0 Å². The van der Waals surface area contributed by atoms with Crippen LogP contribution in [0.25, 0.3) is 10.2 Å². The third-order valence-electron chi connectivity index (χ3n) is 3.78. The maximum atomic E-state index is 4.84. The number of fused-ring (bicyclic) bond motifs is 1. The summed E-state index contributed by atoms with van der Waals surface area (Å²) in [5.74, 6) is 0.733. The summed E-state index contributed by atoms with van der Waals surface area (Å²) >= 11 is 3.46. The molecule has 1 saturated carbocycles. The Kier molecular flexibility index (Phi) is 4.41. The highest BCUT2D eigenvalue weighted by Gasteiger charge is 2.19. The lowest BCUT2D eigenvalue weighted by atomic mass is 9.84. The van der Waals surface area contributed by atoms with Crippen LogP contribution in [0.15, 0.2) is 22.5 Å². The van der Waals surface area contributed by atoms with Gasteiger partial charge in [-0.1, -0.05) is 38.3 Å². The van der Waals surface area contributed by atoms with E-state index in [0.29, 0.717) is 0 Å². The summed E-state index contributed by atoms with van der Waals surface area (Å²) in [5.41, 5.74) is 2.73. The molecule has 2 nitrogen and oxygen atoms in total. The van der Waals surface area contributed by atoms with Gasteiger partial charge in [0.2, 0.25) is 0 Å². The molecule has 0 unspecified atom stereocenters. The standard InChI is InChI=1S/C15H20N2S2/c1-2-16-19-15-17-14-12(9-6-10-13(14)18-15)11-7-4-3-5-8-11/h6,9-11,16H,2-5,7-8H2,1H3. The van der Waals surface area contributed by atoms with Crippen molar-refractivity contribution < 1.29 is 0 Å². The summed E-state index contributed by atoms with van der Waals surface area (Å²) in [4.78, 5) is 4.84. The summed E-state index contributed by atoms with van der Waals surface area (Å²) in [6.45, 7) is 3.09. The van der Waals surface area contributed by atoms with Crippen molar-refractivity contribution in [1.82, 2.24) is 9.71 Å². The van der Waals surface area contributed by atoms with Crippen molar-refractivity contribution in [2.24, 2.45) is 0 Å². The molecule has 0 radical (unpaired) electrons. The highest BCUT2D eigenvalue weighted by molar-refractivity contribution is 7.99. The lowest BCUT2D eigenvalue weighted by molar-refractivity contribution is 0.445. The zero-order valence-corrected chi connectivity index (χ0v) is 12.9. The van der Waals surface area contributed by atoms with Crippen LogP contribution in [-0.4, -0.2) is 11.5 Å². The minimum Gasteiger partial charge on any atom is -0.258 e. The Balaban J connectivity index is 1.92. The molecule has 0 amide bonds. The maximum absolute atomic E-state index is 4.84. The van der Waals surface area contributed by atoms with Gasteiger partial charge in [0, 0.05) is 6.54 Å². The van der Waals surface area contributed by atoms with E-state index in [-0.39, 0.29) is 0 Å². The summed E-state index contributed by atoms with van der Waals surface area (Å²) in [5, 5.41) is 0. The lowest BCUT2D eigenvalue weighted by Crippen LogP contribution is -2.05. The van der Waals surface area contributed by atoms with Crippen LogP contribution < -0.4 is 4.72 Å². The molecule has 4 heteroatoms. The van der Waals surface area contributed by atoms with E-state index in [1.165, 1.54) is 47.9 Å². The minimum absolute atomic E-state index is 0.733. The molecule has 0 saturated heterocycles. The topological polar surface area (TPSA) is 24.9 Å². The molecule has 1 aliphatic carbocycles. The largest absolute Gasteiger partial charge is 0.258 e. The molecule has 1 aromatic carbocycles. The normalized spacial score (nSPS) is 17.1. The van der Waals surface area contributed by atoms with Gasteiger partial charge in [0.1, 0.15) is 0 Å². The number of hydrogen-bond acceptors (Lipinski definition) is 4. The van der Waals surface area contributed by atoms with E-state index in [1.54, 1.807) is 23.3 Å². The first kappa shape index (κ1) is 13.4. The smallest absolute Gasteiger partial charge is 0.166 e. The van der Waals surface area contributed by atoms with Gasteiger partial charge >= 0.3 is 0 Å². The molecule has 1 N–H and O–H groups in total. The molecule has 0 aliphatic heterocycles. The number of benzene rings is 1. The molecule has 102 valence electrons. The van der Waals surface area contributed by atoms with E-state index in [2.05, 4.69) is 29.8 Å². The van der Waals surface area contributed by atoms with Crippen molar-refractivity contribution in [3.63, 3.8) is 0 Å². The van der Waals surface area contributed by atoms with Crippen molar-refractivity contribution in [3.05, 3.63) is 23.8 Å². The molecular weight excluding hydrogens is 272 g/mol. The summed E-state index contributed by atoms with van der Waals surface area (Å²) in [6.07, 6.45) is 6.85. The first-order valence-electron chi connectivity index (χ1n) is 7.17. The first-order chi connectivity index (χ1) is 9.38. The van der Waals surface area contributed by atoms with Crippen LogP contribution in [0.2, 0.25) is 0 Å². The zero-order chi connectivity index (χ0) is 13.1. The summed E-state index contributed by atoms with van der Waals surface area (Å²) in [7, 11) is 0. The van der Waals surface area contributed by atoms with E-state index in [0.717, 1.165) is 16.8 Å². The third-order valence-corrected chi connectivity index (χ3v) is 5.79. The van der Waals surface area contributed by atoms with Gasteiger partial charge in [0.05, 0.1) is 10.2 Å². The van der Waals surface area contributed by atoms with Gasteiger partial charge in [-0.05, 0) is 42.3 Å². The lowest BCUT2D eigenvalue weighted by Gasteiger charge is -2.22. The molecule has 0 atom stereocenters. The average molecular weight is 292 g/mol. The Bertz CT molecular complexity index is 544. The van der Waals surface area contributed by atoms with Crippen LogP contribution in [0.4, 0.5) is 0 Å². The van der Waals surface area contributed by atoms with E-state index in [4.69, 9.17) is 4.98 Å². The maximum Gasteiger partial charge on any atom is 0.166 e. The van der Waals surface area contributed by atoms with Crippen molar-refractivity contribution in [3.8, 4) is 0 Å². The van der Waals surface area contributed by atoms with Gasteiger partial charge < -0.3 is 0 Å². The van der Waals surface area contributed by atoms with Crippen molar-refractivity contribution in [1.29, 1.82) is 0 Å². The predicted molar refractivity (Wildman–Crippen MR) is 85.0 cm³/mol. The summed E-state index contributed by atoms with van der Waals surface area (Å²) < 4.78 is 5.76. The molecule has 1 fully saturated rings. The second kappa shape index (κ2) is 6.25. The molecular formula is C15H20N2S2. The van der Waals surface area contributed by atoms with Gasteiger partial charge in [-0.2, -0.15) is 0 Å². The molecule has 1 heterocycles. The van der Waals surface area contributed by atoms with Crippen LogP contribution in [-0.2, 0) is 0 Å². The SMILES string of the molecule is CCNSc1nc2c(C3CCCCC3)cccc2s1. The number of aromatic nitrogens is 1. The number of nitrogens with one attached hydrogen (secondary N) is 1. The van der Waals surface area contributed by atoms with Crippen LogP contribution in [0.5, 0.6) is 0 Å². The Morgan fingerprint density at radius 2 is 2.16 bits per heavy atom. The second-order valence-electron chi connectivity index (χ2n) is 5.11. The molecule has 0 spiro atoms. The van der Waals surface area contributed by atoms with Crippen molar-refractivity contribution in [2.45, 2.75) is 49.3 Å². The number of nitrogens with zero attached hydrogens (tertiary/aromatic N) is 1. The summed E-state index contributed by atoms with van der Waals surface area (Å²) in [6, 6.07) is 6.70. The van der Waals surface area contributed by atoms with Gasteiger partial charge in [-0.3, -0.25) is 4.72 Å². The Morgan fingerprint density at radius 1 is 1.32 bits per heavy atom. The number of thiazole rings is 1. The monoisotopic (exact) mass is 292 g/mol. The van der Waals surface area contributed by atoms with Gasteiger partial charge in [-0.25, -0.2) is 4.98 Å². The highest BCUT2D eigenvalue weighted by Crippen LogP contribution is 2.38. The zero-order valence-electron chi connectivity index (χ0n) is 11.3. The Hall–Kier alpha value is -0.580. The van der Waals surface area contributed by atoms with Crippen molar-refractivity contribution in [2.75, 3.05) is 6.54 Å². The average Bonchev–Trinajstić information content (AvgIpc) is 2.88. The first-order valence-corrected chi connectivity index (χ1v) is 8.81. The van der Waals surface area contributed by atoms with Gasteiger partial charge in [0.15, 0.2) is 4.34 Å². The second-order valence-corrected chi connectivity index (χ2v) is 7.28. The van der Waals surface area contributed by atoms with E-state index >= 15 is 0 Å². The molecule has 1 aromatic heterocycles. The molecule has 1 aliphatic rings. The fraction of sp³-hybridized carbons (Fsp3) is 0.533. The highest BCUT2D eigenvalue weighted by atomic mass is 32.2. The number of para-hydroxylation sites is 1. The quantitative estimate of drug-likeness (QED) is 0.806. The van der Waals surface area contributed by atoms with Crippen LogP contribution >= 0.6 is 23.3 Å². The fourth-order valence-corrected chi connectivity index (χ4v) is 4.62. The van der Waals surface area contributed by atoms with Gasteiger partial charge in [-0.15, -0.1) is 11.3 Å². The molecule has 2 aromatic rings. The van der Waals surface area contributed by atoms with Crippen LogP contribution in [0.1, 0.15) is 50.5 Å². The van der Waals surface area contributed by atoms with Crippen LogP contribution in [0.3, 0.4) is 0 Å². The van der Waals surface area contributed by atoms with E-state index in [9.17, 15) is 0 Å². The minimum atomic E-state index is 0.733. The van der Waals surface area contributed by atoms with E-state index in [1.807, 2.05) is 0 Å². The number of hydrogen-bond donors (Lipinski definition) is 1. The molecule has 3 rings (SSSR count). The fourth-order valence-electron chi connectivity index (χ4n) is 2.87.